The summed E-state index contributed by atoms with van der Waals surface area (Å²) in [5.41, 5.74) is 3.09. The molecule has 26 heavy (non-hydrogen) atoms. The highest BCUT2D eigenvalue weighted by Gasteiger charge is 2.02. The van der Waals surface area contributed by atoms with E-state index >= 15 is 0 Å². The van der Waals surface area contributed by atoms with Crippen LogP contribution >= 0.6 is 0 Å². The van der Waals surface area contributed by atoms with E-state index in [0.29, 0.717) is 13.2 Å². The standard InChI is InChI=1S/C21H18FNO3/c22-18-7-1-16(2-8-18)14-26-20-11-3-15(4-12-20)13-23-19-9-5-17(6-10-19)21(24)25/h1-12,23H,13-14H2,(H,24,25). The number of halogens is 1. The summed E-state index contributed by atoms with van der Waals surface area (Å²) >= 11 is 0. The minimum Gasteiger partial charge on any atom is -0.489 e. The van der Waals surface area contributed by atoms with Crippen LogP contribution in [0.2, 0.25) is 0 Å². The number of anilines is 1. The normalized spacial score (nSPS) is 10.3. The van der Waals surface area contributed by atoms with Gasteiger partial charge in [0, 0.05) is 12.2 Å². The summed E-state index contributed by atoms with van der Waals surface area (Å²) in [5, 5.41) is 12.1. The molecule has 0 amide bonds. The van der Waals surface area contributed by atoms with Crippen molar-refractivity contribution in [1.29, 1.82) is 0 Å². The number of carboxylic acid groups (broad SMARTS) is 1. The van der Waals surface area contributed by atoms with Gasteiger partial charge in [-0.25, -0.2) is 9.18 Å². The topological polar surface area (TPSA) is 58.6 Å². The van der Waals surface area contributed by atoms with Gasteiger partial charge in [-0.05, 0) is 59.7 Å². The lowest BCUT2D eigenvalue weighted by atomic mass is 10.2. The number of hydrogen-bond donors (Lipinski definition) is 2. The molecule has 3 aromatic carbocycles. The lowest BCUT2D eigenvalue weighted by molar-refractivity contribution is 0.0697. The van der Waals surface area contributed by atoms with E-state index < -0.39 is 5.97 Å². The molecule has 0 aromatic heterocycles. The molecule has 0 unspecified atom stereocenters. The molecule has 0 bridgehead atoms. The predicted octanol–water partition coefficient (Wildman–Crippen LogP) is 4.72. The van der Waals surface area contributed by atoms with Gasteiger partial charge >= 0.3 is 5.97 Å². The van der Waals surface area contributed by atoms with Crippen molar-refractivity contribution >= 4 is 11.7 Å². The van der Waals surface area contributed by atoms with Gasteiger partial charge < -0.3 is 15.2 Å². The molecule has 2 N–H and O–H groups in total. The second-order valence-electron chi connectivity index (χ2n) is 5.80. The zero-order chi connectivity index (χ0) is 18.4. The lowest BCUT2D eigenvalue weighted by Crippen LogP contribution is -2.01. The quantitative estimate of drug-likeness (QED) is 0.647. The van der Waals surface area contributed by atoms with Crippen molar-refractivity contribution in [2.24, 2.45) is 0 Å². The summed E-state index contributed by atoms with van der Waals surface area (Å²) in [6.45, 7) is 0.998. The molecule has 0 radical (unpaired) electrons. The largest absolute Gasteiger partial charge is 0.489 e. The number of rotatable bonds is 7. The summed E-state index contributed by atoms with van der Waals surface area (Å²) in [4.78, 5) is 10.8. The third kappa shape index (κ3) is 4.83. The molecule has 0 saturated heterocycles. The second kappa shape index (κ2) is 8.16. The van der Waals surface area contributed by atoms with Crippen LogP contribution in [-0.4, -0.2) is 11.1 Å². The number of aromatic carboxylic acids is 1. The highest BCUT2D eigenvalue weighted by atomic mass is 19.1. The van der Waals surface area contributed by atoms with Crippen molar-refractivity contribution < 1.29 is 19.0 Å². The first-order valence-corrected chi connectivity index (χ1v) is 8.13. The molecule has 132 valence electrons. The summed E-state index contributed by atoms with van der Waals surface area (Å²) in [5.74, 6) is -0.458. The van der Waals surface area contributed by atoms with E-state index in [1.807, 2.05) is 24.3 Å². The Morgan fingerprint density at radius 1 is 0.885 bits per heavy atom. The van der Waals surface area contributed by atoms with Crippen LogP contribution < -0.4 is 10.1 Å². The molecule has 0 saturated carbocycles. The number of nitrogens with one attached hydrogen (secondary N) is 1. The van der Waals surface area contributed by atoms with Gasteiger partial charge in [0.2, 0.25) is 0 Å². The number of ether oxygens (including phenoxy) is 1. The van der Waals surface area contributed by atoms with E-state index in [2.05, 4.69) is 5.32 Å². The zero-order valence-corrected chi connectivity index (χ0v) is 14.0. The maximum Gasteiger partial charge on any atom is 0.335 e. The Labute approximate surface area is 150 Å². The zero-order valence-electron chi connectivity index (χ0n) is 14.0. The maximum atomic E-state index is 12.9. The first-order valence-electron chi connectivity index (χ1n) is 8.13. The van der Waals surface area contributed by atoms with Crippen molar-refractivity contribution in [3.8, 4) is 5.75 Å². The van der Waals surface area contributed by atoms with Gasteiger partial charge in [0.05, 0.1) is 5.56 Å². The van der Waals surface area contributed by atoms with Crippen molar-refractivity contribution in [3.63, 3.8) is 0 Å². The molecule has 0 atom stereocenters. The Kier molecular flexibility index (Phi) is 5.49. The van der Waals surface area contributed by atoms with E-state index in [1.54, 1.807) is 36.4 Å². The van der Waals surface area contributed by atoms with Crippen LogP contribution in [0.4, 0.5) is 10.1 Å². The molecule has 0 heterocycles. The van der Waals surface area contributed by atoms with Gasteiger partial charge in [0.25, 0.3) is 0 Å². The molecule has 3 rings (SSSR count). The molecule has 0 spiro atoms. The monoisotopic (exact) mass is 351 g/mol. The number of hydrogen-bond acceptors (Lipinski definition) is 3. The minimum atomic E-state index is -0.937. The molecule has 0 aliphatic rings. The van der Waals surface area contributed by atoms with Crippen molar-refractivity contribution in [1.82, 2.24) is 0 Å². The van der Waals surface area contributed by atoms with Crippen molar-refractivity contribution in [2.45, 2.75) is 13.2 Å². The molecular formula is C21H18FNO3. The van der Waals surface area contributed by atoms with Gasteiger partial charge in [0.15, 0.2) is 0 Å². The summed E-state index contributed by atoms with van der Waals surface area (Å²) in [6, 6.07) is 20.5. The Hall–Kier alpha value is -3.34. The van der Waals surface area contributed by atoms with Gasteiger partial charge in [-0.15, -0.1) is 0 Å². The highest BCUT2D eigenvalue weighted by molar-refractivity contribution is 5.87. The Morgan fingerprint density at radius 2 is 1.50 bits per heavy atom. The van der Waals surface area contributed by atoms with Crippen LogP contribution in [0.25, 0.3) is 0 Å². The highest BCUT2D eigenvalue weighted by Crippen LogP contribution is 2.16. The average Bonchev–Trinajstić information content (AvgIpc) is 2.67. The van der Waals surface area contributed by atoms with Gasteiger partial charge in [0.1, 0.15) is 18.2 Å². The Bertz CT molecular complexity index is 859. The third-order valence-electron chi connectivity index (χ3n) is 3.87. The summed E-state index contributed by atoms with van der Waals surface area (Å²) in [7, 11) is 0. The fraction of sp³-hybridized carbons (Fsp3) is 0.0952. The fourth-order valence-electron chi connectivity index (χ4n) is 2.39. The minimum absolute atomic E-state index is 0.261. The summed E-state index contributed by atoms with van der Waals surface area (Å²) in [6.07, 6.45) is 0. The molecule has 0 aliphatic carbocycles. The number of carboxylic acids is 1. The van der Waals surface area contributed by atoms with Crippen molar-refractivity contribution in [2.75, 3.05) is 5.32 Å². The molecule has 3 aromatic rings. The van der Waals surface area contributed by atoms with E-state index in [4.69, 9.17) is 9.84 Å². The van der Waals surface area contributed by atoms with Gasteiger partial charge in [-0.2, -0.15) is 0 Å². The van der Waals surface area contributed by atoms with Gasteiger partial charge in [-0.3, -0.25) is 0 Å². The summed E-state index contributed by atoms with van der Waals surface area (Å²) < 4.78 is 18.6. The smallest absolute Gasteiger partial charge is 0.335 e. The van der Waals surface area contributed by atoms with E-state index in [9.17, 15) is 9.18 Å². The van der Waals surface area contributed by atoms with Crippen LogP contribution in [-0.2, 0) is 13.2 Å². The molecular weight excluding hydrogens is 333 g/mol. The van der Waals surface area contributed by atoms with E-state index in [0.717, 1.165) is 22.6 Å². The Morgan fingerprint density at radius 3 is 2.12 bits per heavy atom. The van der Waals surface area contributed by atoms with Crippen LogP contribution in [0.3, 0.4) is 0 Å². The Balaban J connectivity index is 1.50. The van der Waals surface area contributed by atoms with Crippen LogP contribution in [0, 0.1) is 5.82 Å². The molecule has 0 aliphatic heterocycles. The second-order valence-corrected chi connectivity index (χ2v) is 5.80. The first kappa shape index (κ1) is 17.5. The SMILES string of the molecule is O=C(O)c1ccc(NCc2ccc(OCc3ccc(F)cc3)cc2)cc1. The van der Waals surface area contributed by atoms with E-state index in [1.165, 1.54) is 12.1 Å². The number of carbonyl (C=O) groups is 1. The van der Waals surface area contributed by atoms with Crippen LogP contribution in [0.5, 0.6) is 5.75 Å². The molecule has 0 fully saturated rings. The first-order chi connectivity index (χ1) is 12.6. The molecule has 5 heteroatoms. The maximum absolute atomic E-state index is 12.9. The van der Waals surface area contributed by atoms with Gasteiger partial charge in [-0.1, -0.05) is 24.3 Å². The fourth-order valence-corrected chi connectivity index (χ4v) is 2.39. The third-order valence-corrected chi connectivity index (χ3v) is 3.87. The predicted molar refractivity (Wildman–Crippen MR) is 97.9 cm³/mol. The number of benzene rings is 3. The van der Waals surface area contributed by atoms with Crippen LogP contribution in [0.15, 0.2) is 72.8 Å². The van der Waals surface area contributed by atoms with E-state index in [-0.39, 0.29) is 11.4 Å². The van der Waals surface area contributed by atoms with Crippen LogP contribution in [0.1, 0.15) is 21.5 Å². The van der Waals surface area contributed by atoms with Crippen molar-refractivity contribution in [3.05, 3.63) is 95.3 Å². The average molecular weight is 351 g/mol. The molecule has 4 nitrogen and oxygen atoms in total. The lowest BCUT2D eigenvalue weighted by Gasteiger charge is -2.09.